The van der Waals surface area contributed by atoms with Gasteiger partial charge < -0.3 is 14.5 Å². The van der Waals surface area contributed by atoms with Crippen molar-refractivity contribution in [2.75, 3.05) is 7.11 Å². The van der Waals surface area contributed by atoms with E-state index in [1.165, 1.54) is 5.56 Å². The number of aldehydes is 1. The minimum absolute atomic E-state index is 0.376. The van der Waals surface area contributed by atoms with Gasteiger partial charge in [0.25, 0.3) is 0 Å². The molecule has 0 saturated carbocycles. The van der Waals surface area contributed by atoms with E-state index in [2.05, 4.69) is 36.2 Å². The first-order valence-corrected chi connectivity index (χ1v) is 6.92. The number of carbonyl (C=O) groups is 1. The lowest BCUT2D eigenvalue weighted by atomic mass is 10.0. The van der Waals surface area contributed by atoms with Crippen LogP contribution in [-0.4, -0.2) is 18.4 Å². The van der Waals surface area contributed by atoms with E-state index in [1.807, 2.05) is 18.2 Å². The molecule has 0 saturated heterocycles. The van der Waals surface area contributed by atoms with Crippen molar-refractivity contribution in [2.24, 2.45) is 0 Å². The Morgan fingerprint density at radius 2 is 2.05 bits per heavy atom. The number of aryl methyl sites for hydroxylation is 1. The number of methoxy groups -OCH3 is 1. The van der Waals surface area contributed by atoms with Gasteiger partial charge in [0.15, 0.2) is 0 Å². The Labute approximate surface area is 123 Å². The Morgan fingerprint density at radius 1 is 1.19 bits per heavy atom. The summed E-state index contributed by atoms with van der Waals surface area (Å²) in [6.07, 6.45) is 1.30. The van der Waals surface area contributed by atoms with Crippen LogP contribution in [0, 0.1) is 6.92 Å². The van der Waals surface area contributed by atoms with Crippen LogP contribution in [0.4, 0.5) is 0 Å². The van der Waals surface area contributed by atoms with Gasteiger partial charge in [0.1, 0.15) is 12.0 Å². The average Bonchev–Trinajstić information content (AvgIpc) is 2.89. The second-order valence-corrected chi connectivity index (χ2v) is 5.14. The maximum absolute atomic E-state index is 10.9. The molecule has 0 amide bonds. The number of rotatable bonds is 4. The lowest BCUT2D eigenvalue weighted by Crippen LogP contribution is -1.95. The molecule has 0 aliphatic carbocycles. The number of aromatic nitrogens is 1. The Balaban J connectivity index is 2.23. The van der Waals surface area contributed by atoms with Crippen molar-refractivity contribution in [3.8, 4) is 17.0 Å². The van der Waals surface area contributed by atoms with Gasteiger partial charge in [-0.15, -0.1) is 0 Å². The van der Waals surface area contributed by atoms with Crippen LogP contribution in [-0.2, 0) is 11.2 Å². The molecule has 3 aromatic rings. The highest BCUT2D eigenvalue weighted by Gasteiger charge is 2.13. The topological polar surface area (TPSA) is 42.1 Å². The van der Waals surface area contributed by atoms with Gasteiger partial charge in [0.05, 0.1) is 12.8 Å². The summed E-state index contributed by atoms with van der Waals surface area (Å²) in [6, 6.07) is 14.2. The molecular weight excluding hydrogens is 262 g/mol. The first-order chi connectivity index (χ1) is 10.2. The van der Waals surface area contributed by atoms with Gasteiger partial charge in [0.2, 0.25) is 0 Å². The SMILES string of the molecule is COc1cccc(CC=O)c1-c1cc2cc(C)ccc2[nH]1. The predicted octanol–water partition coefficient (Wildman–Crippen LogP) is 3.89. The van der Waals surface area contributed by atoms with E-state index in [0.717, 1.165) is 39.8 Å². The van der Waals surface area contributed by atoms with Crippen LogP contribution < -0.4 is 4.74 Å². The normalized spacial score (nSPS) is 10.8. The summed E-state index contributed by atoms with van der Waals surface area (Å²) in [7, 11) is 1.65. The molecule has 1 heterocycles. The standard InChI is InChI=1S/C18H17NO2/c1-12-6-7-15-14(10-12)11-16(19-15)18-13(8-9-20)4-3-5-17(18)21-2/h3-7,9-11,19H,8H2,1-2H3. The van der Waals surface area contributed by atoms with Crippen molar-refractivity contribution >= 4 is 17.2 Å². The molecule has 21 heavy (non-hydrogen) atoms. The average molecular weight is 279 g/mol. The number of carbonyl (C=O) groups excluding carboxylic acids is 1. The molecule has 0 unspecified atom stereocenters. The molecule has 0 atom stereocenters. The minimum Gasteiger partial charge on any atom is -0.496 e. The monoisotopic (exact) mass is 279 g/mol. The highest BCUT2D eigenvalue weighted by Crippen LogP contribution is 2.35. The Bertz CT molecular complexity index is 802. The molecule has 3 heteroatoms. The third-order valence-corrected chi connectivity index (χ3v) is 3.68. The van der Waals surface area contributed by atoms with Gasteiger partial charge in [-0.2, -0.15) is 0 Å². The number of benzene rings is 2. The van der Waals surface area contributed by atoms with Gasteiger partial charge in [-0.05, 0) is 36.8 Å². The fourth-order valence-corrected chi connectivity index (χ4v) is 2.70. The second kappa shape index (κ2) is 5.44. The van der Waals surface area contributed by atoms with Crippen molar-refractivity contribution in [1.82, 2.24) is 4.98 Å². The van der Waals surface area contributed by atoms with E-state index in [0.29, 0.717) is 6.42 Å². The number of aromatic amines is 1. The summed E-state index contributed by atoms with van der Waals surface area (Å²) in [5.74, 6) is 0.776. The molecule has 1 aromatic heterocycles. The van der Waals surface area contributed by atoms with Gasteiger partial charge in [-0.3, -0.25) is 0 Å². The number of nitrogens with one attached hydrogen (secondary N) is 1. The lowest BCUT2D eigenvalue weighted by Gasteiger charge is -2.11. The number of H-pyrrole nitrogens is 1. The maximum Gasteiger partial charge on any atom is 0.128 e. The Morgan fingerprint density at radius 3 is 2.81 bits per heavy atom. The van der Waals surface area contributed by atoms with Crippen LogP contribution in [0.5, 0.6) is 5.75 Å². The summed E-state index contributed by atoms with van der Waals surface area (Å²) in [5, 5.41) is 1.16. The Kier molecular flexibility index (Phi) is 3.48. The molecular formula is C18H17NO2. The molecule has 0 aliphatic heterocycles. The van der Waals surface area contributed by atoms with E-state index in [1.54, 1.807) is 7.11 Å². The summed E-state index contributed by atoms with van der Waals surface area (Å²) in [6.45, 7) is 2.08. The highest BCUT2D eigenvalue weighted by molar-refractivity contribution is 5.88. The minimum atomic E-state index is 0.376. The van der Waals surface area contributed by atoms with Gasteiger partial charge in [-0.25, -0.2) is 0 Å². The van der Waals surface area contributed by atoms with Crippen molar-refractivity contribution in [3.05, 3.63) is 53.6 Å². The van der Waals surface area contributed by atoms with Crippen LogP contribution in [0.25, 0.3) is 22.2 Å². The fraction of sp³-hybridized carbons (Fsp3) is 0.167. The van der Waals surface area contributed by atoms with Crippen LogP contribution in [0.15, 0.2) is 42.5 Å². The quantitative estimate of drug-likeness (QED) is 0.736. The van der Waals surface area contributed by atoms with Crippen LogP contribution >= 0.6 is 0 Å². The maximum atomic E-state index is 10.9. The smallest absolute Gasteiger partial charge is 0.128 e. The third kappa shape index (κ3) is 2.42. The number of ether oxygens (including phenoxy) is 1. The zero-order valence-corrected chi connectivity index (χ0v) is 12.1. The third-order valence-electron chi connectivity index (χ3n) is 3.68. The van der Waals surface area contributed by atoms with E-state index in [4.69, 9.17) is 4.74 Å². The van der Waals surface area contributed by atoms with Crippen LogP contribution in [0.1, 0.15) is 11.1 Å². The molecule has 2 aromatic carbocycles. The molecule has 0 radical (unpaired) electrons. The molecule has 0 fully saturated rings. The van der Waals surface area contributed by atoms with Gasteiger partial charge >= 0.3 is 0 Å². The van der Waals surface area contributed by atoms with Crippen molar-refractivity contribution < 1.29 is 9.53 Å². The number of hydrogen-bond donors (Lipinski definition) is 1. The van der Waals surface area contributed by atoms with Gasteiger partial charge in [-0.1, -0.05) is 23.8 Å². The Hall–Kier alpha value is -2.55. The molecule has 3 rings (SSSR count). The fourth-order valence-electron chi connectivity index (χ4n) is 2.70. The molecule has 106 valence electrons. The number of fused-ring (bicyclic) bond motifs is 1. The summed E-state index contributed by atoms with van der Waals surface area (Å²) in [4.78, 5) is 14.3. The van der Waals surface area contributed by atoms with E-state index in [9.17, 15) is 4.79 Å². The van der Waals surface area contributed by atoms with Crippen molar-refractivity contribution in [3.63, 3.8) is 0 Å². The van der Waals surface area contributed by atoms with Crippen LogP contribution in [0.3, 0.4) is 0 Å². The molecule has 0 bridgehead atoms. The molecule has 1 N–H and O–H groups in total. The number of hydrogen-bond acceptors (Lipinski definition) is 2. The molecule has 3 nitrogen and oxygen atoms in total. The first kappa shape index (κ1) is 13.4. The molecule has 0 aliphatic rings. The van der Waals surface area contributed by atoms with Crippen LogP contribution in [0.2, 0.25) is 0 Å². The van der Waals surface area contributed by atoms with E-state index in [-0.39, 0.29) is 0 Å². The molecule has 0 spiro atoms. The summed E-state index contributed by atoms with van der Waals surface area (Å²) in [5.41, 5.74) is 5.21. The highest BCUT2D eigenvalue weighted by atomic mass is 16.5. The van der Waals surface area contributed by atoms with Gasteiger partial charge in [0, 0.05) is 22.9 Å². The largest absolute Gasteiger partial charge is 0.496 e. The van der Waals surface area contributed by atoms with Crippen molar-refractivity contribution in [1.29, 1.82) is 0 Å². The zero-order chi connectivity index (χ0) is 14.8. The second-order valence-electron chi connectivity index (χ2n) is 5.14. The summed E-state index contributed by atoms with van der Waals surface area (Å²) >= 11 is 0. The van der Waals surface area contributed by atoms with E-state index >= 15 is 0 Å². The lowest BCUT2D eigenvalue weighted by molar-refractivity contribution is -0.107. The zero-order valence-electron chi connectivity index (χ0n) is 12.1. The van der Waals surface area contributed by atoms with E-state index < -0.39 is 0 Å². The predicted molar refractivity (Wildman–Crippen MR) is 84.8 cm³/mol. The first-order valence-electron chi connectivity index (χ1n) is 6.92. The van der Waals surface area contributed by atoms with Crippen molar-refractivity contribution in [2.45, 2.75) is 13.3 Å². The summed E-state index contributed by atoms with van der Waals surface area (Å²) < 4.78 is 5.47.